The van der Waals surface area contributed by atoms with Gasteiger partial charge in [0.15, 0.2) is 11.2 Å². The van der Waals surface area contributed by atoms with E-state index in [9.17, 15) is 22.8 Å². The highest BCUT2D eigenvalue weighted by Gasteiger charge is 2.39. The van der Waals surface area contributed by atoms with E-state index >= 15 is 0 Å². The molecule has 0 saturated carbocycles. The smallest absolute Gasteiger partial charge is 0.426 e. The predicted molar refractivity (Wildman–Crippen MR) is 107 cm³/mol. The molecule has 0 spiro atoms. The number of aromatic amines is 1. The molecule has 160 valence electrons. The van der Waals surface area contributed by atoms with Crippen molar-refractivity contribution in [2.75, 3.05) is 0 Å². The number of benzene rings is 1. The molecular formula is C21H12F3N5O3. The quantitative estimate of drug-likeness (QED) is 0.456. The van der Waals surface area contributed by atoms with Crippen molar-refractivity contribution in [1.29, 1.82) is 0 Å². The zero-order valence-corrected chi connectivity index (χ0v) is 16.5. The van der Waals surface area contributed by atoms with Gasteiger partial charge in [-0.2, -0.15) is 22.8 Å². The van der Waals surface area contributed by atoms with Gasteiger partial charge in [-0.05, 0) is 18.6 Å². The molecule has 0 unspecified atom stereocenters. The van der Waals surface area contributed by atoms with E-state index in [1.807, 2.05) is 0 Å². The highest BCUT2D eigenvalue weighted by Crippen LogP contribution is 2.38. The molecule has 5 aromatic rings. The van der Waals surface area contributed by atoms with E-state index in [0.29, 0.717) is 4.52 Å². The maximum Gasteiger partial charge on any atom is 0.435 e. The number of halogens is 3. The SMILES string of the molecule is Cc1[nH]c2c(-c3ccccc3)c(C(F)(F)F)nn2c(=O)c1-c1nc2c(=O)n(C)c#cc2o1. The average Bonchev–Trinajstić information content (AvgIpc) is 3.34. The number of aromatic nitrogens is 5. The van der Waals surface area contributed by atoms with Gasteiger partial charge in [0.2, 0.25) is 11.5 Å². The monoisotopic (exact) mass is 439 g/mol. The van der Waals surface area contributed by atoms with Crippen LogP contribution >= 0.6 is 0 Å². The van der Waals surface area contributed by atoms with Crippen LogP contribution in [0.15, 0.2) is 44.3 Å². The van der Waals surface area contributed by atoms with Crippen LogP contribution in [-0.4, -0.2) is 24.1 Å². The molecule has 0 aliphatic carbocycles. The lowest BCUT2D eigenvalue weighted by molar-refractivity contribution is -0.140. The number of rotatable bonds is 2. The lowest BCUT2D eigenvalue weighted by atomic mass is 10.1. The Morgan fingerprint density at radius 3 is 2.50 bits per heavy atom. The Balaban J connectivity index is 1.84. The molecule has 1 aromatic carbocycles. The second-order valence-electron chi connectivity index (χ2n) is 7.08. The predicted octanol–water partition coefficient (Wildman–Crippen LogP) is 3.12. The van der Waals surface area contributed by atoms with Crippen LogP contribution in [-0.2, 0) is 13.2 Å². The molecule has 0 aliphatic heterocycles. The van der Waals surface area contributed by atoms with Gasteiger partial charge in [0.1, 0.15) is 11.2 Å². The fourth-order valence-corrected chi connectivity index (χ4v) is 3.52. The minimum atomic E-state index is -4.81. The summed E-state index contributed by atoms with van der Waals surface area (Å²) in [5.41, 5.74) is -2.80. The van der Waals surface area contributed by atoms with Crippen LogP contribution in [0, 0.1) is 19.2 Å². The van der Waals surface area contributed by atoms with E-state index in [0.717, 1.165) is 4.57 Å². The molecule has 0 bridgehead atoms. The summed E-state index contributed by atoms with van der Waals surface area (Å²) < 4.78 is 48.6. The molecule has 0 aliphatic rings. The third-order valence-corrected chi connectivity index (χ3v) is 4.99. The number of hydrogen-bond donors (Lipinski definition) is 1. The van der Waals surface area contributed by atoms with Crippen molar-refractivity contribution >= 4 is 16.7 Å². The van der Waals surface area contributed by atoms with Crippen LogP contribution in [0.2, 0.25) is 0 Å². The molecule has 0 atom stereocenters. The Bertz CT molecular complexity index is 1620. The van der Waals surface area contributed by atoms with Crippen LogP contribution in [0.4, 0.5) is 13.2 Å². The molecule has 0 amide bonds. The molecule has 0 fully saturated rings. The van der Waals surface area contributed by atoms with Crippen molar-refractivity contribution in [3.63, 3.8) is 0 Å². The van der Waals surface area contributed by atoms with E-state index in [1.165, 1.54) is 26.1 Å². The van der Waals surface area contributed by atoms with Gasteiger partial charge in [-0.25, -0.2) is 4.98 Å². The van der Waals surface area contributed by atoms with Crippen LogP contribution < -0.4 is 11.1 Å². The van der Waals surface area contributed by atoms with Gasteiger partial charge < -0.3 is 9.40 Å². The molecule has 32 heavy (non-hydrogen) atoms. The minimum Gasteiger partial charge on any atom is -0.426 e. The third-order valence-electron chi connectivity index (χ3n) is 4.99. The molecule has 1 N–H and O–H groups in total. The lowest BCUT2D eigenvalue weighted by Gasteiger charge is -2.07. The van der Waals surface area contributed by atoms with Gasteiger partial charge in [0.25, 0.3) is 11.1 Å². The fraction of sp³-hybridized carbons (Fsp3) is 0.143. The van der Waals surface area contributed by atoms with Crippen LogP contribution in [0.5, 0.6) is 0 Å². The summed E-state index contributed by atoms with van der Waals surface area (Å²) in [4.78, 5) is 32.3. The summed E-state index contributed by atoms with van der Waals surface area (Å²) in [7, 11) is 1.45. The Kier molecular flexibility index (Phi) is 4.04. The number of oxazole rings is 1. The first-order valence-corrected chi connectivity index (χ1v) is 9.26. The van der Waals surface area contributed by atoms with Crippen molar-refractivity contribution in [3.05, 3.63) is 74.7 Å². The van der Waals surface area contributed by atoms with Gasteiger partial charge in [0, 0.05) is 18.9 Å². The highest BCUT2D eigenvalue weighted by molar-refractivity contribution is 5.81. The molecule has 0 radical (unpaired) electrons. The van der Waals surface area contributed by atoms with E-state index in [-0.39, 0.29) is 45.0 Å². The summed E-state index contributed by atoms with van der Waals surface area (Å²) in [6, 6.07) is 10.4. The lowest BCUT2D eigenvalue weighted by Crippen LogP contribution is -2.20. The molecule has 4 heterocycles. The molecule has 4 aromatic heterocycles. The standard InChI is InChI=1S/C21H12F3N5O3/c1-10-13(18-26-15-12(32-18)8-9-28(2)20(15)31)19(30)29-17(25-10)14(11-6-4-3-5-7-11)16(27-29)21(22,23)24/h3-7,25H,1-2H3. The minimum absolute atomic E-state index is 0.0246. The summed E-state index contributed by atoms with van der Waals surface area (Å²) >= 11 is 0. The maximum absolute atomic E-state index is 13.8. The molecule has 8 nitrogen and oxygen atoms in total. The summed E-state index contributed by atoms with van der Waals surface area (Å²) in [5, 5.41) is 3.57. The van der Waals surface area contributed by atoms with Gasteiger partial charge in [-0.1, -0.05) is 30.3 Å². The number of alkyl halides is 3. The summed E-state index contributed by atoms with van der Waals surface area (Å²) in [5.74, 6) is -0.237. The van der Waals surface area contributed by atoms with Gasteiger partial charge in [-0.15, -0.1) is 0 Å². The topological polar surface area (TPSA) is 98.2 Å². The van der Waals surface area contributed by atoms with Gasteiger partial charge >= 0.3 is 6.18 Å². The van der Waals surface area contributed by atoms with E-state index in [1.54, 1.807) is 18.2 Å². The molecule has 0 saturated heterocycles. The number of hydrogen-bond acceptors (Lipinski definition) is 5. The van der Waals surface area contributed by atoms with Crippen LogP contribution in [0.3, 0.4) is 0 Å². The number of nitrogens with zero attached hydrogens (tertiary/aromatic N) is 4. The van der Waals surface area contributed by atoms with Crippen molar-refractivity contribution < 1.29 is 17.6 Å². The number of fused-ring (bicyclic) bond motifs is 2. The Morgan fingerprint density at radius 1 is 1.09 bits per heavy atom. The van der Waals surface area contributed by atoms with Gasteiger partial charge in [-0.3, -0.25) is 14.2 Å². The van der Waals surface area contributed by atoms with Gasteiger partial charge in [0.05, 0.1) is 5.56 Å². The number of aryl methyl sites for hydroxylation is 1. The van der Waals surface area contributed by atoms with E-state index < -0.39 is 23.0 Å². The Morgan fingerprint density at radius 2 is 1.81 bits per heavy atom. The number of H-pyrrole nitrogens is 1. The maximum atomic E-state index is 13.8. The first kappa shape index (κ1) is 19.6. The van der Waals surface area contributed by atoms with Crippen molar-refractivity contribution in [1.82, 2.24) is 24.1 Å². The summed E-state index contributed by atoms with van der Waals surface area (Å²) in [6.45, 7) is 1.49. The second-order valence-corrected chi connectivity index (χ2v) is 7.08. The second kappa shape index (κ2) is 6.58. The molecular weight excluding hydrogens is 427 g/mol. The third kappa shape index (κ3) is 2.80. The Hall–Kier alpha value is -4.33. The normalized spacial score (nSPS) is 11.9. The zero-order chi connectivity index (χ0) is 22.8. The largest absolute Gasteiger partial charge is 0.435 e. The fourth-order valence-electron chi connectivity index (χ4n) is 3.52. The van der Waals surface area contributed by atoms with E-state index in [2.05, 4.69) is 27.3 Å². The summed E-state index contributed by atoms with van der Waals surface area (Å²) in [6.07, 6.45) is -2.28. The molecule has 11 heteroatoms. The zero-order valence-electron chi connectivity index (χ0n) is 16.5. The number of nitrogens with one attached hydrogen (secondary N) is 1. The van der Waals surface area contributed by atoms with Crippen molar-refractivity contribution in [2.24, 2.45) is 7.05 Å². The first-order chi connectivity index (χ1) is 15.2. The Labute approximate surface area is 176 Å². The van der Waals surface area contributed by atoms with E-state index in [4.69, 9.17) is 4.42 Å². The average molecular weight is 439 g/mol. The van der Waals surface area contributed by atoms with Crippen molar-refractivity contribution in [2.45, 2.75) is 13.1 Å². The van der Waals surface area contributed by atoms with Crippen molar-refractivity contribution in [3.8, 4) is 22.6 Å². The first-order valence-electron chi connectivity index (χ1n) is 9.26. The van der Waals surface area contributed by atoms with Crippen LogP contribution in [0.25, 0.3) is 39.3 Å². The van der Waals surface area contributed by atoms with Crippen LogP contribution in [0.1, 0.15) is 11.4 Å². The molecule has 5 rings (SSSR count). The highest BCUT2D eigenvalue weighted by atomic mass is 19.4.